The van der Waals surface area contributed by atoms with Crippen LogP contribution in [0.1, 0.15) is 5.56 Å². The van der Waals surface area contributed by atoms with Crippen molar-refractivity contribution in [2.75, 3.05) is 0 Å². The molecule has 4 heteroatoms. The third kappa shape index (κ3) is 3.05. The number of aromatic hydroxyl groups is 2. The lowest BCUT2D eigenvalue weighted by Crippen LogP contribution is -1.91. The molecule has 4 aromatic carbocycles. The molecule has 0 unspecified atom stereocenters. The lowest BCUT2D eigenvalue weighted by atomic mass is 9.90. The number of fused-ring (bicyclic) bond motifs is 2. The molecule has 5 aromatic rings. The average Bonchev–Trinajstić information content (AvgIpc) is 2.79. The highest BCUT2D eigenvalue weighted by Crippen LogP contribution is 2.45. The Morgan fingerprint density at radius 2 is 1.40 bits per heavy atom. The van der Waals surface area contributed by atoms with Gasteiger partial charge < -0.3 is 10.2 Å². The second-order valence-corrected chi connectivity index (χ2v) is 7.04. The first-order valence-electron chi connectivity index (χ1n) is 9.63. The van der Waals surface area contributed by atoms with Crippen molar-refractivity contribution in [3.8, 4) is 22.6 Å². The van der Waals surface area contributed by atoms with E-state index in [0.717, 1.165) is 21.5 Å². The molecule has 0 aliphatic rings. The molecular weight excluding hydrogens is 372 g/mol. The number of phenolic OH excluding ortho intramolecular Hbond substituents is 2. The second kappa shape index (κ2) is 7.33. The molecule has 1 heterocycles. The lowest BCUT2D eigenvalue weighted by Gasteiger charge is -2.16. The normalized spacial score (nSPS) is 11.5. The van der Waals surface area contributed by atoms with Gasteiger partial charge in [0.15, 0.2) is 5.82 Å². The summed E-state index contributed by atoms with van der Waals surface area (Å²) in [6, 6.07) is 26.6. The predicted molar refractivity (Wildman–Crippen MR) is 122 cm³/mol. The van der Waals surface area contributed by atoms with Gasteiger partial charge in [-0.05, 0) is 45.8 Å². The van der Waals surface area contributed by atoms with Crippen molar-refractivity contribution in [2.24, 2.45) is 4.99 Å². The fourth-order valence-electron chi connectivity index (χ4n) is 3.80. The number of nitrogens with zero attached hydrogens (tertiary/aromatic N) is 2. The molecular formula is C26H18N2O2. The summed E-state index contributed by atoms with van der Waals surface area (Å²) in [4.78, 5) is 8.61. The molecule has 5 rings (SSSR count). The third-order valence-electron chi connectivity index (χ3n) is 5.19. The standard InChI is InChI=1S/C26H18N2O2/c29-22-13-12-17-7-1-3-9-20(17)24(22)25-21-10-4-2-8-18(21)15-19(26(25)30)16-28-23-11-5-6-14-27-23/h1-16,29-30H/b28-16+. The van der Waals surface area contributed by atoms with Gasteiger partial charge in [-0.15, -0.1) is 0 Å². The topological polar surface area (TPSA) is 65.7 Å². The summed E-state index contributed by atoms with van der Waals surface area (Å²) in [7, 11) is 0. The zero-order chi connectivity index (χ0) is 20.5. The van der Waals surface area contributed by atoms with E-state index in [1.54, 1.807) is 24.5 Å². The summed E-state index contributed by atoms with van der Waals surface area (Å²) in [5.74, 6) is 0.743. The molecule has 0 aliphatic heterocycles. The van der Waals surface area contributed by atoms with Crippen LogP contribution in [0.25, 0.3) is 32.7 Å². The number of phenols is 2. The van der Waals surface area contributed by atoms with Crippen LogP contribution in [0.3, 0.4) is 0 Å². The van der Waals surface area contributed by atoms with Crippen LogP contribution >= 0.6 is 0 Å². The van der Waals surface area contributed by atoms with Gasteiger partial charge in [0.2, 0.25) is 0 Å². The monoisotopic (exact) mass is 390 g/mol. The van der Waals surface area contributed by atoms with Crippen LogP contribution in [0, 0.1) is 0 Å². The van der Waals surface area contributed by atoms with Crippen LogP contribution in [0.15, 0.2) is 96.1 Å². The van der Waals surface area contributed by atoms with Gasteiger partial charge in [-0.3, -0.25) is 0 Å². The molecule has 0 saturated carbocycles. The first-order chi connectivity index (χ1) is 14.7. The zero-order valence-electron chi connectivity index (χ0n) is 16.0. The van der Waals surface area contributed by atoms with E-state index in [-0.39, 0.29) is 11.5 Å². The quantitative estimate of drug-likeness (QED) is 0.360. The average molecular weight is 390 g/mol. The summed E-state index contributed by atoms with van der Waals surface area (Å²) in [5, 5.41) is 25.7. The Kier molecular flexibility index (Phi) is 4.37. The Morgan fingerprint density at radius 1 is 0.700 bits per heavy atom. The minimum absolute atomic E-state index is 0.0695. The summed E-state index contributed by atoms with van der Waals surface area (Å²) in [6.45, 7) is 0. The molecule has 4 nitrogen and oxygen atoms in total. The molecule has 0 amide bonds. The second-order valence-electron chi connectivity index (χ2n) is 7.04. The Morgan fingerprint density at radius 3 is 2.17 bits per heavy atom. The molecule has 0 spiro atoms. The van der Waals surface area contributed by atoms with Crippen molar-refractivity contribution in [3.63, 3.8) is 0 Å². The van der Waals surface area contributed by atoms with Crippen LogP contribution < -0.4 is 0 Å². The minimum atomic E-state index is 0.0695. The highest BCUT2D eigenvalue weighted by molar-refractivity contribution is 6.12. The van der Waals surface area contributed by atoms with Gasteiger partial charge in [0.1, 0.15) is 11.5 Å². The third-order valence-corrected chi connectivity index (χ3v) is 5.19. The van der Waals surface area contributed by atoms with Crippen LogP contribution in [-0.2, 0) is 0 Å². The maximum Gasteiger partial charge on any atom is 0.151 e. The van der Waals surface area contributed by atoms with E-state index >= 15 is 0 Å². The number of pyridine rings is 1. The lowest BCUT2D eigenvalue weighted by molar-refractivity contribution is 0.470. The molecule has 0 radical (unpaired) electrons. The molecule has 0 saturated heterocycles. The Labute approximate surface area is 173 Å². The van der Waals surface area contributed by atoms with Crippen molar-refractivity contribution < 1.29 is 10.2 Å². The molecule has 0 atom stereocenters. The molecule has 0 fully saturated rings. The van der Waals surface area contributed by atoms with E-state index in [9.17, 15) is 10.2 Å². The van der Waals surface area contributed by atoms with E-state index in [2.05, 4.69) is 9.98 Å². The van der Waals surface area contributed by atoms with Crippen LogP contribution in [0.5, 0.6) is 11.5 Å². The van der Waals surface area contributed by atoms with Crippen LogP contribution in [0.4, 0.5) is 5.82 Å². The zero-order valence-corrected chi connectivity index (χ0v) is 16.0. The van der Waals surface area contributed by atoms with Crippen molar-refractivity contribution in [3.05, 3.63) is 96.7 Å². The predicted octanol–water partition coefficient (Wildman–Crippen LogP) is 6.22. The Bertz CT molecular complexity index is 1410. The maximum absolute atomic E-state index is 11.3. The van der Waals surface area contributed by atoms with Crippen molar-refractivity contribution in [1.82, 2.24) is 4.98 Å². The number of hydrogen-bond donors (Lipinski definition) is 2. The molecule has 30 heavy (non-hydrogen) atoms. The molecule has 144 valence electrons. The van der Waals surface area contributed by atoms with E-state index in [0.29, 0.717) is 22.5 Å². The van der Waals surface area contributed by atoms with Gasteiger partial charge in [-0.25, -0.2) is 9.98 Å². The minimum Gasteiger partial charge on any atom is -0.507 e. The van der Waals surface area contributed by atoms with Crippen molar-refractivity contribution in [1.29, 1.82) is 0 Å². The van der Waals surface area contributed by atoms with Crippen LogP contribution in [0.2, 0.25) is 0 Å². The number of benzene rings is 4. The maximum atomic E-state index is 11.3. The van der Waals surface area contributed by atoms with Gasteiger partial charge >= 0.3 is 0 Å². The molecule has 0 aliphatic carbocycles. The van der Waals surface area contributed by atoms with Crippen LogP contribution in [-0.4, -0.2) is 21.4 Å². The van der Waals surface area contributed by atoms with Gasteiger partial charge in [0.25, 0.3) is 0 Å². The highest BCUT2D eigenvalue weighted by atomic mass is 16.3. The highest BCUT2D eigenvalue weighted by Gasteiger charge is 2.19. The van der Waals surface area contributed by atoms with E-state index in [1.807, 2.05) is 72.8 Å². The first kappa shape index (κ1) is 17.9. The molecule has 0 bridgehead atoms. The fourth-order valence-corrected chi connectivity index (χ4v) is 3.80. The SMILES string of the molecule is Oc1ccc2ccccc2c1-c1c(O)c(/C=N/c2ccccn2)cc2ccccc12. The fraction of sp³-hybridized carbons (Fsp3) is 0. The van der Waals surface area contributed by atoms with Crippen molar-refractivity contribution in [2.45, 2.75) is 0 Å². The van der Waals surface area contributed by atoms with Gasteiger partial charge in [0, 0.05) is 29.1 Å². The van der Waals surface area contributed by atoms with Gasteiger partial charge in [-0.2, -0.15) is 0 Å². The number of aliphatic imine (C=N–C) groups is 1. The Hall–Kier alpha value is -4.18. The number of rotatable bonds is 3. The van der Waals surface area contributed by atoms with E-state index in [1.165, 1.54) is 0 Å². The van der Waals surface area contributed by atoms with Crippen molar-refractivity contribution >= 4 is 33.6 Å². The largest absolute Gasteiger partial charge is 0.507 e. The van der Waals surface area contributed by atoms with E-state index in [4.69, 9.17) is 0 Å². The molecule has 1 aromatic heterocycles. The van der Waals surface area contributed by atoms with Gasteiger partial charge in [0.05, 0.1) is 0 Å². The summed E-state index contributed by atoms with van der Waals surface area (Å²) in [5.41, 5.74) is 1.75. The van der Waals surface area contributed by atoms with Gasteiger partial charge in [-0.1, -0.05) is 60.7 Å². The van der Waals surface area contributed by atoms with E-state index < -0.39 is 0 Å². The summed E-state index contributed by atoms with van der Waals surface area (Å²) < 4.78 is 0. The smallest absolute Gasteiger partial charge is 0.151 e. The number of hydrogen-bond acceptors (Lipinski definition) is 4. The Balaban J connectivity index is 1.82. The summed E-state index contributed by atoms with van der Waals surface area (Å²) in [6.07, 6.45) is 3.28. The molecule has 2 N–H and O–H groups in total. The first-order valence-corrected chi connectivity index (χ1v) is 9.63. The number of aromatic nitrogens is 1. The summed E-state index contributed by atoms with van der Waals surface area (Å²) >= 11 is 0.